The highest BCUT2D eigenvalue weighted by Gasteiger charge is 2.30. The van der Waals surface area contributed by atoms with E-state index in [1.165, 1.54) is 0 Å². The number of piperidine rings is 1. The maximum Gasteiger partial charge on any atom is 0.230 e. The molecule has 2 amide bonds. The number of amides is 2. The number of morpholine rings is 1. The number of anilines is 4. The number of rotatable bonds is 9. The molecule has 0 radical (unpaired) electrons. The van der Waals surface area contributed by atoms with Gasteiger partial charge in [0.05, 0.1) is 25.1 Å². The van der Waals surface area contributed by atoms with Crippen molar-refractivity contribution in [3.05, 3.63) is 30.1 Å². The molecule has 214 valence electrons. The largest absolute Gasteiger partial charge is 0.379 e. The summed E-state index contributed by atoms with van der Waals surface area (Å²) in [5, 5.41) is 6.13. The summed E-state index contributed by atoms with van der Waals surface area (Å²) < 4.78 is 5.51. The standard InChI is InChI=1S/C29H40N8O3/c38-20-37(24-3-1-2-4-24)27-22(17-21-7-10-30-28(21)39)18-32-29(34-27)33-26-6-5-25(19-31-26)35-11-8-23(9-12-35)36-13-15-40-16-14-36/h5-6,18-21,23-24H,1-4,7-17H2,(H,30,39)(H,31,32,33,34)/t21-/m0/s1. The number of hydrogen-bond acceptors (Lipinski definition) is 9. The molecule has 3 saturated heterocycles. The fraction of sp³-hybridized carbons (Fsp3) is 0.621. The number of carbonyl (C=O) groups excluding carboxylic acids is 2. The fourth-order valence-electron chi connectivity index (χ4n) is 6.62. The van der Waals surface area contributed by atoms with E-state index in [1.807, 2.05) is 12.3 Å². The van der Waals surface area contributed by atoms with Crippen molar-refractivity contribution in [2.75, 3.05) is 61.1 Å². The summed E-state index contributed by atoms with van der Waals surface area (Å²) >= 11 is 0. The highest BCUT2D eigenvalue weighted by Crippen LogP contribution is 2.31. The molecule has 4 fully saturated rings. The third-order valence-electron chi connectivity index (χ3n) is 8.93. The molecule has 2 N–H and O–H groups in total. The van der Waals surface area contributed by atoms with E-state index in [2.05, 4.69) is 36.5 Å². The Hall–Kier alpha value is -3.31. The molecule has 0 unspecified atom stereocenters. The van der Waals surface area contributed by atoms with Gasteiger partial charge in [-0.25, -0.2) is 9.97 Å². The van der Waals surface area contributed by atoms with Crippen molar-refractivity contribution in [3.63, 3.8) is 0 Å². The lowest BCUT2D eigenvalue weighted by Crippen LogP contribution is -2.49. The average Bonchev–Trinajstić information content (AvgIpc) is 3.68. The van der Waals surface area contributed by atoms with Crippen LogP contribution < -0.4 is 20.4 Å². The molecule has 4 aliphatic rings. The Morgan fingerprint density at radius 3 is 2.50 bits per heavy atom. The highest BCUT2D eigenvalue weighted by molar-refractivity contribution is 5.82. The molecule has 6 rings (SSSR count). The summed E-state index contributed by atoms with van der Waals surface area (Å²) in [5.41, 5.74) is 1.95. The first-order chi connectivity index (χ1) is 19.7. The maximum absolute atomic E-state index is 12.3. The number of nitrogens with zero attached hydrogens (tertiary/aromatic N) is 6. The van der Waals surface area contributed by atoms with Gasteiger partial charge in [0.25, 0.3) is 0 Å². The second kappa shape index (κ2) is 12.5. The maximum atomic E-state index is 12.3. The van der Waals surface area contributed by atoms with E-state index < -0.39 is 0 Å². The molecular weight excluding hydrogens is 508 g/mol. The van der Waals surface area contributed by atoms with Crippen molar-refractivity contribution >= 4 is 35.6 Å². The lowest BCUT2D eigenvalue weighted by molar-refractivity contribution is -0.122. The molecule has 1 atom stereocenters. The summed E-state index contributed by atoms with van der Waals surface area (Å²) in [6.07, 6.45) is 12.3. The van der Waals surface area contributed by atoms with Crippen LogP contribution >= 0.6 is 0 Å². The van der Waals surface area contributed by atoms with Crippen molar-refractivity contribution in [2.24, 2.45) is 5.92 Å². The Balaban J connectivity index is 1.13. The van der Waals surface area contributed by atoms with Gasteiger partial charge in [-0.05, 0) is 50.7 Å². The number of pyridine rings is 1. The van der Waals surface area contributed by atoms with Gasteiger partial charge >= 0.3 is 0 Å². The first-order valence-electron chi connectivity index (χ1n) is 14.8. The molecule has 0 spiro atoms. The molecule has 2 aromatic heterocycles. The summed E-state index contributed by atoms with van der Waals surface area (Å²) in [6, 6.07) is 4.81. The number of carbonyl (C=O) groups is 2. The van der Waals surface area contributed by atoms with Crippen LogP contribution in [0.5, 0.6) is 0 Å². The van der Waals surface area contributed by atoms with Gasteiger partial charge in [-0.1, -0.05) is 12.8 Å². The number of hydrogen-bond donors (Lipinski definition) is 2. The first kappa shape index (κ1) is 26.9. The molecule has 40 heavy (non-hydrogen) atoms. The van der Waals surface area contributed by atoms with Gasteiger partial charge < -0.3 is 20.3 Å². The second-order valence-corrected chi connectivity index (χ2v) is 11.4. The Kier molecular flexibility index (Phi) is 8.38. The van der Waals surface area contributed by atoms with Gasteiger partial charge in [0.2, 0.25) is 18.3 Å². The Morgan fingerprint density at radius 2 is 1.82 bits per heavy atom. The van der Waals surface area contributed by atoms with E-state index in [1.54, 1.807) is 11.1 Å². The lowest BCUT2D eigenvalue weighted by Gasteiger charge is -2.40. The molecule has 0 aromatic carbocycles. The van der Waals surface area contributed by atoms with Crippen LogP contribution in [0.2, 0.25) is 0 Å². The van der Waals surface area contributed by atoms with Crippen molar-refractivity contribution in [2.45, 2.75) is 63.5 Å². The lowest BCUT2D eigenvalue weighted by atomic mass is 9.99. The zero-order chi connectivity index (χ0) is 27.3. The van der Waals surface area contributed by atoms with E-state index in [9.17, 15) is 9.59 Å². The third-order valence-corrected chi connectivity index (χ3v) is 8.93. The van der Waals surface area contributed by atoms with Crippen LogP contribution in [0, 0.1) is 5.92 Å². The van der Waals surface area contributed by atoms with Crippen molar-refractivity contribution < 1.29 is 14.3 Å². The SMILES string of the molecule is O=CN(c1nc(Nc2ccc(N3CCC(N4CCOCC4)CC3)cn2)ncc1C[C@@H]1CCNC1=O)C1CCCC1. The molecule has 0 bridgehead atoms. The number of nitrogens with one attached hydrogen (secondary N) is 2. The van der Waals surface area contributed by atoms with Crippen LogP contribution in [-0.4, -0.2) is 90.2 Å². The summed E-state index contributed by atoms with van der Waals surface area (Å²) in [5.74, 6) is 1.58. The Morgan fingerprint density at radius 1 is 1.02 bits per heavy atom. The molecule has 5 heterocycles. The Bertz CT molecular complexity index is 1160. The van der Waals surface area contributed by atoms with Crippen molar-refractivity contribution in [1.82, 2.24) is 25.2 Å². The van der Waals surface area contributed by atoms with Crippen molar-refractivity contribution in [1.29, 1.82) is 0 Å². The molecular formula is C29H40N8O3. The zero-order valence-corrected chi connectivity index (χ0v) is 23.1. The molecule has 1 saturated carbocycles. The quantitative estimate of drug-likeness (QED) is 0.456. The minimum atomic E-state index is -0.119. The van der Waals surface area contributed by atoms with Crippen LogP contribution in [0.25, 0.3) is 0 Å². The minimum absolute atomic E-state index is 0.0567. The number of aromatic nitrogens is 3. The zero-order valence-electron chi connectivity index (χ0n) is 23.1. The Labute approximate surface area is 235 Å². The van der Waals surface area contributed by atoms with Gasteiger partial charge in [0.1, 0.15) is 11.6 Å². The minimum Gasteiger partial charge on any atom is -0.379 e. The fourth-order valence-corrected chi connectivity index (χ4v) is 6.62. The smallest absolute Gasteiger partial charge is 0.230 e. The van der Waals surface area contributed by atoms with E-state index in [-0.39, 0.29) is 17.9 Å². The van der Waals surface area contributed by atoms with E-state index in [4.69, 9.17) is 9.72 Å². The van der Waals surface area contributed by atoms with Gasteiger partial charge in [-0.3, -0.25) is 19.4 Å². The second-order valence-electron chi connectivity index (χ2n) is 11.4. The predicted molar refractivity (Wildman–Crippen MR) is 153 cm³/mol. The van der Waals surface area contributed by atoms with Crippen LogP contribution in [-0.2, 0) is 20.7 Å². The van der Waals surface area contributed by atoms with Crippen molar-refractivity contribution in [3.8, 4) is 0 Å². The summed E-state index contributed by atoms with van der Waals surface area (Å²) in [6.45, 7) is 6.50. The highest BCUT2D eigenvalue weighted by atomic mass is 16.5. The first-order valence-corrected chi connectivity index (χ1v) is 14.8. The molecule has 1 aliphatic carbocycles. The molecule has 11 heteroatoms. The van der Waals surface area contributed by atoms with Crippen LogP contribution in [0.15, 0.2) is 24.5 Å². The molecule has 3 aliphatic heterocycles. The van der Waals surface area contributed by atoms with E-state index >= 15 is 0 Å². The van der Waals surface area contributed by atoms with Gasteiger partial charge in [-0.15, -0.1) is 0 Å². The van der Waals surface area contributed by atoms with Crippen LogP contribution in [0.1, 0.15) is 50.5 Å². The predicted octanol–water partition coefficient (Wildman–Crippen LogP) is 2.50. The average molecular weight is 549 g/mol. The van der Waals surface area contributed by atoms with Gasteiger partial charge in [-0.2, -0.15) is 4.98 Å². The third kappa shape index (κ3) is 6.05. The summed E-state index contributed by atoms with van der Waals surface area (Å²) in [4.78, 5) is 45.2. The van der Waals surface area contributed by atoms with Crippen LogP contribution in [0.3, 0.4) is 0 Å². The van der Waals surface area contributed by atoms with Gasteiger partial charge in [0, 0.05) is 62.5 Å². The summed E-state index contributed by atoms with van der Waals surface area (Å²) in [7, 11) is 0. The molecule has 2 aromatic rings. The topological polar surface area (TPSA) is 116 Å². The van der Waals surface area contributed by atoms with E-state index in [0.717, 1.165) is 102 Å². The molecule has 11 nitrogen and oxygen atoms in total. The monoisotopic (exact) mass is 548 g/mol. The normalized spacial score (nSPS) is 22.9. The van der Waals surface area contributed by atoms with Gasteiger partial charge in [0.15, 0.2) is 0 Å². The van der Waals surface area contributed by atoms with Crippen LogP contribution in [0.4, 0.5) is 23.3 Å². The number of ether oxygens (including phenoxy) is 1. The van der Waals surface area contributed by atoms with E-state index in [0.29, 0.717) is 36.6 Å².